The van der Waals surface area contributed by atoms with Gasteiger partial charge < -0.3 is 4.57 Å². The fraction of sp³-hybridized carbons (Fsp3) is 0.190. The Morgan fingerprint density at radius 1 is 1.11 bits per heavy atom. The summed E-state index contributed by atoms with van der Waals surface area (Å²) in [6, 6.07) is 13.6. The van der Waals surface area contributed by atoms with Gasteiger partial charge in [-0.3, -0.25) is 9.69 Å². The molecule has 142 valence electrons. The quantitative estimate of drug-likeness (QED) is 0.527. The molecule has 1 amide bonds. The molecule has 0 N–H and O–H groups in total. The highest BCUT2D eigenvalue weighted by Crippen LogP contribution is 2.27. The number of thiocarbonyl (C=S) groups is 1. The van der Waals surface area contributed by atoms with E-state index in [-0.39, 0.29) is 5.91 Å². The van der Waals surface area contributed by atoms with Gasteiger partial charge in [-0.1, -0.05) is 47.5 Å². The Labute approximate surface area is 178 Å². The average Bonchev–Trinajstić information content (AvgIpc) is 3.15. The number of carbonyl (C=O) groups is 1. The van der Waals surface area contributed by atoms with Crippen LogP contribution in [0.4, 0.5) is 0 Å². The first-order valence-electron chi connectivity index (χ1n) is 8.92. The van der Waals surface area contributed by atoms with Gasteiger partial charge >= 0.3 is 0 Å². The zero-order chi connectivity index (χ0) is 19.8. The van der Waals surface area contributed by atoms with Gasteiger partial charge in [-0.05, 0) is 48.5 Å². The summed E-state index contributed by atoms with van der Waals surface area (Å²) in [5.41, 5.74) is 3.57. The van der Waals surface area contributed by atoms with Crippen LogP contribution in [-0.4, -0.2) is 32.7 Å². The van der Waals surface area contributed by atoms with E-state index in [4.69, 9.17) is 35.4 Å². The number of amides is 1. The summed E-state index contributed by atoms with van der Waals surface area (Å²) in [6.45, 7) is 3.03. The highest BCUT2D eigenvalue weighted by Gasteiger charge is 2.29. The molecule has 3 aromatic rings. The van der Waals surface area contributed by atoms with E-state index in [2.05, 4.69) is 27.9 Å². The summed E-state index contributed by atoms with van der Waals surface area (Å²) in [7, 11) is 0. The number of rotatable bonds is 5. The lowest BCUT2D eigenvalue weighted by molar-refractivity contribution is -0.119. The number of aliphatic imine (C=N–C) groups is 1. The molecule has 0 fully saturated rings. The second kappa shape index (κ2) is 7.66. The summed E-state index contributed by atoms with van der Waals surface area (Å²) < 4.78 is 2.13. The third-order valence-corrected chi connectivity index (χ3v) is 5.75. The lowest BCUT2D eigenvalue weighted by Gasteiger charge is -2.10. The van der Waals surface area contributed by atoms with Crippen LogP contribution in [0.15, 0.2) is 53.7 Å². The molecule has 0 atom stereocenters. The number of nitrogens with zero attached hydrogens (tertiary/aromatic N) is 3. The molecule has 2 aromatic carbocycles. The molecule has 1 aromatic heterocycles. The van der Waals surface area contributed by atoms with Crippen molar-refractivity contribution in [2.45, 2.75) is 19.9 Å². The van der Waals surface area contributed by atoms with Crippen molar-refractivity contribution in [1.29, 1.82) is 0 Å². The monoisotopic (exact) mass is 429 g/mol. The van der Waals surface area contributed by atoms with Gasteiger partial charge in [0, 0.05) is 46.7 Å². The largest absolute Gasteiger partial charge is 0.343 e. The Morgan fingerprint density at radius 3 is 2.61 bits per heavy atom. The molecule has 0 radical (unpaired) electrons. The van der Waals surface area contributed by atoms with Crippen molar-refractivity contribution in [3.05, 3.63) is 69.8 Å². The van der Waals surface area contributed by atoms with E-state index >= 15 is 0 Å². The molecule has 2 heterocycles. The van der Waals surface area contributed by atoms with Gasteiger partial charge in [-0.2, -0.15) is 0 Å². The van der Waals surface area contributed by atoms with E-state index in [1.165, 1.54) is 4.90 Å². The Hall–Kier alpha value is -2.21. The van der Waals surface area contributed by atoms with Crippen molar-refractivity contribution in [2.24, 2.45) is 4.99 Å². The number of para-hydroxylation sites is 1. The number of fused-ring (bicyclic) bond motifs is 1. The number of hydrogen-bond acceptors (Lipinski definition) is 2. The van der Waals surface area contributed by atoms with E-state index in [9.17, 15) is 4.79 Å². The van der Waals surface area contributed by atoms with Crippen molar-refractivity contribution < 1.29 is 4.79 Å². The maximum absolute atomic E-state index is 12.5. The Bertz CT molecular complexity index is 1140. The lowest BCUT2D eigenvalue weighted by Crippen LogP contribution is -2.32. The smallest absolute Gasteiger partial charge is 0.274 e. The molecule has 4 nitrogen and oxygen atoms in total. The van der Waals surface area contributed by atoms with E-state index in [0.29, 0.717) is 40.4 Å². The van der Waals surface area contributed by atoms with Crippen LogP contribution in [-0.2, 0) is 17.8 Å². The Kier molecular flexibility index (Phi) is 5.23. The third-order valence-electron chi connectivity index (χ3n) is 4.85. The minimum Gasteiger partial charge on any atom is -0.343 e. The molecule has 4 rings (SSSR count). The van der Waals surface area contributed by atoms with E-state index < -0.39 is 0 Å². The van der Waals surface area contributed by atoms with Crippen LogP contribution >= 0.6 is 35.4 Å². The summed E-state index contributed by atoms with van der Waals surface area (Å²) in [5, 5.41) is 2.68. The predicted molar refractivity (Wildman–Crippen MR) is 119 cm³/mol. The number of aromatic nitrogens is 1. The topological polar surface area (TPSA) is 37.6 Å². The van der Waals surface area contributed by atoms with Crippen molar-refractivity contribution in [3.8, 4) is 0 Å². The van der Waals surface area contributed by atoms with Gasteiger partial charge in [0.15, 0.2) is 0 Å². The number of benzene rings is 2. The zero-order valence-electron chi connectivity index (χ0n) is 15.2. The third kappa shape index (κ3) is 3.46. The molecule has 0 unspecified atom stereocenters. The molecule has 0 spiro atoms. The zero-order valence-corrected chi connectivity index (χ0v) is 17.5. The summed E-state index contributed by atoms with van der Waals surface area (Å²) in [5.74, 6) is -0.106. The fourth-order valence-corrected chi connectivity index (χ4v) is 4.26. The van der Waals surface area contributed by atoms with E-state index in [0.717, 1.165) is 22.0 Å². The fourth-order valence-electron chi connectivity index (χ4n) is 3.47. The lowest BCUT2D eigenvalue weighted by atomic mass is 10.1. The Morgan fingerprint density at radius 2 is 1.89 bits per heavy atom. The summed E-state index contributed by atoms with van der Waals surface area (Å²) in [4.78, 5) is 18.4. The molecule has 0 saturated heterocycles. The second-order valence-corrected chi connectivity index (χ2v) is 7.81. The van der Waals surface area contributed by atoms with Crippen molar-refractivity contribution in [3.63, 3.8) is 0 Å². The van der Waals surface area contributed by atoms with Gasteiger partial charge in [0.25, 0.3) is 5.91 Å². The molecule has 28 heavy (non-hydrogen) atoms. The molecule has 0 aliphatic carbocycles. The minimum atomic E-state index is -0.106. The van der Waals surface area contributed by atoms with Crippen molar-refractivity contribution >= 4 is 63.1 Å². The molecular weight excluding hydrogens is 413 g/mol. The molecule has 1 aliphatic heterocycles. The Balaban J connectivity index is 1.70. The van der Waals surface area contributed by atoms with Gasteiger partial charge in [0.1, 0.15) is 5.71 Å². The molecular formula is C21H17Cl2N3OS. The average molecular weight is 430 g/mol. The minimum absolute atomic E-state index is 0.106. The van der Waals surface area contributed by atoms with E-state index in [1.54, 1.807) is 6.07 Å². The van der Waals surface area contributed by atoms with Crippen LogP contribution in [0.1, 0.15) is 18.1 Å². The molecule has 0 bridgehead atoms. The molecule has 1 aliphatic rings. The highest BCUT2D eigenvalue weighted by atomic mass is 35.5. The van der Waals surface area contributed by atoms with E-state index in [1.807, 2.05) is 31.2 Å². The molecule has 0 saturated carbocycles. The number of carbonyl (C=O) groups excluding carboxylic acids is 1. The van der Waals surface area contributed by atoms with Gasteiger partial charge in [-0.15, -0.1) is 0 Å². The predicted octanol–water partition coefficient (Wildman–Crippen LogP) is 5.13. The first-order chi connectivity index (χ1) is 13.5. The molecule has 7 heteroatoms. The van der Waals surface area contributed by atoms with Gasteiger partial charge in [0.2, 0.25) is 5.11 Å². The van der Waals surface area contributed by atoms with Crippen LogP contribution in [0.3, 0.4) is 0 Å². The standard InChI is InChI=1S/C21H17Cl2N3OS/c1-2-26-20(27)18(24-21(26)28)9-14-12-25(19-6-4-3-5-16(14)19)11-13-7-8-15(22)10-17(13)23/h3-8,10,12H,2,9,11H2,1H3. The first-order valence-corrected chi connectivity index (χ1v) is 10.1. The highest BCUT2D eigenvalue weighted by molar-refractivity contribution is 7.80. The van der Waals surface area contributed by atoms with Gasteiger partial charge in [-0.25, -0.2) is 4.99 Å². The number of hydrogen-bond donors (Lipinski definition) is 0. The maximum atomic E-state index is 12.5. The van der Waals surface area contributed by atoms with Crippen LogP contribution < -0.4 is 0 Å². The number of halogens is 2. The summed E-state index contributed by atoms with van der Waals surface area (Å²) >= 11 is 17.6. The second-order valence-electron chi connectivity index (χ2n) is 6.60. The van der Waals surface area contributed by atoms with Crippen molar-refractivity contribution in [2.75, 3.05) is 6.54 Å². The van der Waals surface area contributed by atoms with Crippen LogP contribution in [0.25, 0.3) is 10.9 Å². The van der Waals surface area contributed by atoms with Crippen molar-refractivity contribution in [1.82, 2.24) is 9.47 Å². The van der Waals surface area contributed by atoms with Crippen LogP contribution in [0.5, 0.6) is 0 Å². The van der Waals surface area contributed by atoms with Crippen LogP contribution in [0, 0.1) is 0 Å². The SMILES string of the molecule is CCN1C(=O)C(Cc2cn(Cc3ccc(Cl)cc3Cl)c3ccccc23)=NC1=S. The van der Waals surface area contributed by atoms with Gasteiger partial charge in [0.05, 0.1) is 0 Å². The first kappa shape index (κ1) is 19.1. The maximum Gasteiger partial charge on any atom is 0.274 e. The van der Waals surface area contributed by atoms with Crippen LogP contribution in [0.2, 0.25) is 10.0 Å². The summed E-state index contributed by atoms with van der Waals surface area (Å²) in [6.07, 6.45) is 2.50. The normalized spacial score (nSPS) is 14.2.